The Morgan fingerprint density at radius 3 is 2.68 bits per heavy atom. The third kappa shape index (κ3) is 3.70. The molecular formula is C17H25BrN2O2. The summed E-state index contributed by atoms with van der Waals surface area (Å²) in [5.41, 5.74) is 5.65. The van der Waals surface area contributed by atoms with Gasteiger partial charge in [-0.25, -0.2) is 0 Å². The van der Waals surface area contributed by atoms with Crippen LogP contribution >= 0.6 is 15.9 Å². The molecule has 0 heterocycles. The predicted octanol–water partition coefficient (Wildman–Crippen LogP) is 2.68. The van der Waals surface area contributed by atoms with Gasteiger partial charge in [-0.1, -0.05) is 47.8 Å². The van der Waals surface area contributed by atoms with Crippen LogP contribution in [0.15, 0.2) is 28.7 Å². The van der Waals surface area contributed by atoms with E-state index in [9.17, 15) is 9.90 Å². The Balaban J connectivity index is 2.03. The summed E-state index contributed by atoms with van der Waals surface area (Å²) >= 11 is 3.38. The van der Waals surface area contributed by atoms with Gasteiger partial charge in [0.1, 0.15) is 5.54 Å². The molecule has 0 aliphatic heterocycles. The number of halogens is 1. The maximum atomic E-state index is 12.5. The molecule has 1 aliphatic carbocycles. The number of amides is 1. The summed E-state index contributed by atoms with van der Waals surface area (Å²) in [5, 5.41) is 13.1. The second kappa shape index (κ2) is 6.69. The summed E-state index contributed by atoms with van der Waals surface area (Å²) in [7, 11) is 0. The first-order valence-electron chi connectivity index (χ1n) is 7.77. The summed E-state index contributed by atoms with van der Waals surface area (Å²) in [6.07, 6.45) is 3.51. The zero-order chi connectivity index (χ0) is 16.4. The van der Waals surface area contributed by atoms with Crippen molar-refractivity contribution in [3.63, 3.8) is 0 Å². The minimum Gasteiger partial charge on any atom is -0.392 e. The van der Waals surface area contributed by atoms with Gasteiger partial charge in [0.25, 0.3) is 0 Å². The molecular weight excluding hydrogens is 344 g/mol. The zero-order valence-electron chi connectivity index (χ0n) is 13.2. The van der Waals surface area contributed by atoms with Crippen molar-refractivity contribution in [1.82, 2.24) is 5.32 Å². The highest BCUT2D eigenvalue weighted by Crippen LogP contribution is 2.35. The molecule has 0 spiro atoms. The summed E-state index contributed by atoms with van der Waals surface area (Å²) in [6.45, 7) is 4.20. The lowest BCUT2D eigenvalue weighted by atomic mass is 9.73. The highest BCUT2D eigenvalue weighted by molar-refractivity contribution is 9.10. The number of carbonyl (C=O) groups is 1. The Bertz CT molecular complexity index is 530. The second-order valence-electron chi connectivity index (χ2n) is 6.81. The van der Waals surface area contributed by atoms with Crippen LogP contribution in [0, 0.1) is 5.41 Å². The fourth-order valence-electron chi connectivity index (χ4n) is 2.98. The normalized spacial score (nSPS) is 28.0. The average molecular weight is 369 g/mol. The lowest BCUT2D eigenvalue weighted by Gasteiger charge is -2.39. The van der Waals surface area contributed by atoms with Crippen molar-refractivity contribution in [2.45, 2.75) is 51.2 Å². The first kappa shape index (κ1) is 17.4. The highest BCUT2D eigenvalue weighted by Gasteiger charge is 2.37. The molecule has 1 aromatic carbocycles. The largest absolute Gasteiger partial charge is 0.392 e. The van der Waals surface area contributed by atoms with E-state index in [1.165, 1.54) is 0 Å². The van der Waals surface area contributed by atoms with E-state index in [-0.39, 0.29) is 17.4 Å². The fraction of sp³-hybridized carbons (Fsp3) is 0.588. The second-order valence-corrected chi connectivity index (χ2v) is 7.72. The van der Waals surface area contributed by atoms with Crippen LogP contribution in [-0.2, 0) is 10.3 Å². The maximum absolute atomic E-state index is 12.5. The molecule has 122 valence electrons. The van der Waals surface area contributed by atoms with Gasteiger partial charge >= 0.3 is 0 Å². The molecule has 3 atom stereocenters. The van der Waals surface area contributed by atoms with Crippen molar-refractivity contribution in [3.8, 4) is 0 Å². The Kier molecular flexibility index (Phi) is 5.30. The Labute approximate surface area is 140 Å². The van der Waals surface area contributed by atoms with Crippen LogP contribution in [0.4, 0.5) is 0 Å². The van der Waals surface area contributed by atoms with Gasteiger partial charge in [-0.2, -0.15) is 0 Å². The van der Waals surface area contributed by atoms with Crippen molar-refractivity contribution in [3.05, 3.63) is 34.3 Å². The first-order valence-corrected chi connectivity index (χ1v) is 8.56. The van der Waals surface area contributed by atoms with E-state index >= 15 is 0 Å². The number of hydrogen-bond donors (Lipinski definition) is 3. The van der Waals surface area contributed by atoms with E-state index in [0.29, 0.717) is 6.54 Å². The molecule has 0 bridgehead atoms. The predicted molar refractivity (Wildman–Crippen MR) is 91.3 cm³/mol. The highest BCUT2D eigenvalue weighted by atomic mass is 79.9. The van der Waals surface area contributed by atoms with Gasteiger partial charge in [-0.15, -0.1) is 0 Å². The van der Waals surface area contributed by atoms with Crippen molar-refractivity contribution in [2.75, 3.05) is 6.54 Å². The van der Waals surface area contributed by atoms with Gasteiger partial charge < -0.3 is 16.2 Å². The quantitative estimate of drug-likeness (QED) is 0.764. The lowest BCUT2D eigenvalue weighted by molar-refractivity contribution is -0.127. The lowest BCUT2D eigenvalue weighted by Crippen LogP contribution is -2.53. The fourth-order valence-corrected chi connectivity index (χ4v) is 3.25. The maximum Gasteiger partial charge on any atom is 0.244 e. The van der Waals surface area contributed by atoms with Crippen LogP contribution in [0.1, 0.15) is 45.1 Å². The minimum absolute atomic E-state index is 0.214. The molecule has 0 aromatic heterocycles. The molecule has 3 unspecified atom stereocenters. The first-order chi connectivity index (χ1) is 10.3. The molecule has 22 heavy (non-hydrogen) atoms. The van der Waals surface area contributed by atoms with E-state index in [0.717, 1.165) is 35.7 Å². The summed E-state index contributed by atoms with van der Waals surface area (Å²) in [4.78, 5) is 12.5. The van der Waals surface area contributed by atoms with Crippen molar-refractivity contribution >= 4 is 21.8 Å². The number of aliphatic hydroxyl groups is 1. The minimum atomic E-state index is -1.09. The van der Waals surface area contributed by atoms with Gasteiger partial charge in [-0.3, -0.25) is 4.79 Å². The number of aliphatic hydroxyl groups excluding tert-OH is 1. The average Bonchev–Trinajstić information content (AvgIpc) is 2.48. The van der Waals surface area contributed by atoms with Crippen LogP contribution in [0.3, 0.4) is 0 Å². The van der Waals surface area contributed by atoms with Crippen molar-refractivity contribution in [1.29, 1.82) is 0 Å². The molecule has 0 saturated heterocycles. The zero-order valence-corrected chi connectivity index (χ0v) is 14.8. The molecule has 1 saturated carbocycles. The van der Waals surface area contributed by atoms with E-state index in [2.05, 4.69) is 21.2 Å². The third-order valence-electron chi connectivity index (χ3n) is 4.85. The van der Waals surface area contributed by atoms with Gasteiger partial charge in [0.15, 0.2) is 0 Å². The topological polar surface area (TPSA) is 75.4 Å². The molecule has 5 heteroatoms. The SMILES string of the molecule is CC(N)(C(=O)NCC1(C)CCCCC1O)c1ccc(Br)cc1. The molecule has 1 amide bonds. The Hall–Kier alpha value is -0.910. The Morgan fingerprint density at radius 2 is 2.09 bits per heavy atom. The summed E-state index contributed by atoms with van der Waals surface area (Å²) in [5.74, 6) is -0.214. The molecule has 1 aliphatic rings. The monoisotopic (exact) mass is 368 g/mol. The number of benzene rings is 1. The summed E-state index contributed by atoms with van der Waals surface area (Å²) in [6, 6.07) is 7.45. The smallest absolute Gasteiger partial charge is 0.244 e. The van der Waals surface area contributed by atoms with Gasteiger partial charge in [0.05, 0.1) is 6.10 Å². The van der Waals surface area contributed by atoms with Crippen LogP contribution in [0.25, 0.3) is 0 Å². The molecule has 1 aromatic rings. The molecule has 1 fully saturated rings. The number of nitrogens with one attached hydrogen (secondary N) is 1. The molecule has 4 N–H and O–H groups in total. The van der Waals surface area contributed by atoms with Crippen molar-refractivity contribution in [2.24, 2.45) is 11.1 Å². The van der Waals surface area contributed by atoms with Crippen molar-refractivity contribution < 1.29 is 9.90 Å². The van der Waals surface area contributed by atoms with E-state index < -0.39 is 5.54 Å². The van der Waals surface area contributed by atoms with Gasteiger partial charge in [0.2, 0.25) is 5.91 Å². The van der Waals surface area contributed by atoms with Crippen LogP contribution in [-0.4, -0.2) is 23.7 Å². The number of carbonyl (C=O) groups excluding carboxylic acids is 1. The molecule has 2 rings (SSSR count). The third-order valence-corrected chi connectivity index (χ3v) is 5.38. The van der Waals surface area contributed by atoms with E-state index in [1.807, 2.05) is 31.2 Å². The van der Waals surface area contributed by atoms with Crippen LogP contribution < -0.4 is 11.1 Å². The molecule has 4 nitrogen and oxygen atoms in total. The standard InChI is InChI=1S/C17H25BrN2O2/c1-16(10-4-3-5-14(16)21)11-20-15(22)17(2,19)12-6-8-13(18)9-7-12/h6-9,14,21H,3-5,10-11,19H2,1-2H3,(H,20,22). The number of rotatable bonds is 4. The van der Waals surface area contributed by atoms with Gasteiger partial charge in [0, 0.05) is 16.4 Å². The van der Waals surface area contributed by atoms with Crippen LogP contribution in [0.5, 0.6) is 0 Å². The van der Waals surface area contributed by atoms with E-state index in [4.69, 9.17) is 5.73 Å². The Morgan fingerprint density at radius 1 is 1.45 bits per heavy atom. The molecule has 0 radical (unpaired) electrons. The van der Waals surface area contributed by atoms with E-state index in [1.54, 1.807) is 6.92 Å². The number of hydrogen-bond acceptors (Lipinski definition) is 3. The number of nitrogens with two attached hydrogens (primary N) is 1. The summed E-state index contributed by atoms with van der Waals surface area (Å²) < 4.78 is 0.949. The van der Waals surface area contributed by atoms with Gasteiger partial charge in [-0.05, 0) is 37.5 Å². The van der Waals surface area contributed by atoms with Crippen LogP contribution in [0.2, 0.25) is 0 Å².